The van der Waals surface area contributed by atoms with Crippen molar-refractivity contribution in [3.63, 3.8) is 0 Å². The Morgan fingerprint density at radius 1 is 1.11 bits per heavy atom. The lowest BCUT2D eigenvalue weighted by molar-refractivity contribution is 0.0946. The van der Waals surface area contributed by atoms with Gasteiger partial charge in [0, 0.05) is 12.1 Å². The molecule has 0 saturated heterocycles. The summed E-state index contributed by atoms with van der Waals surface area (Å²) in [5.41, 5.74) is 12.9. The minimum absolute atomic E-state index is 0.0593. The Morgan fingerprint density at radius 2 is 1.79 bits per heavy atom. The van der Waals surface area contributed by atoms with E-state index in [4.69, 9.17) is 11.5 Å². The Hall–Kier alpha value is -1.71. The van der Waals surface area contributed by atoms with E-state index in [-0.39, 0.29) is 5.91 Å². The molecule has 0 aliphatic heterocycles. The summed E-state index contributed by atoms with van der Waals surface area (Å²) >= 11 is 0. The van der Waals surface area contributed by atoms with Gasteiger partial charge in [-0.15, -0.1) is 0 Å². The van der Waals surface area contributed by atoms with Crippen molar-refractivity contribution in [2.45, 2.75) is 38.5 Å². The number of anilines is 2. The maximum absolute atomic E-state index is 12.0. The minimum atomic E-state index is -0.0593. The van der Waals surface area contributed by atoms with Gasteiger partial charge in [-0.25, -0.2) is 0 Å². The first-order valence-corrected chi connectivity index (χ1v) is 7.10. The Balaban J connectivity index is 1.87. The number of nitrogens with one attached hydrogen (secondary N) is 1. The number of amides is 1. The predicted molar refractivity (Wildman–Crippen MR) is 78.8 cm³/mol. The summed E-state index contributed by atoms with van der Waals surface area (Å²) in [6, 6.07) is 5.03. The summed E-state index contributed by atoms with van der Waals surface area (Å²) < 4.78 is 0. The van der Waals surface area contributed by atoms with Gasteiger partial charge in [0.25, 0.3) is 5.91 Å². The molecule has 0 radical (unpaired) electrons. The van der Waals surface area contributed by atoms with Gasteiger partial charge in [-0.2, -0.15) is 0 Å². The maximum Gasteiger partial charge on any atom is 0.251 e. The molecule has 2 rings (SSSR count). The van der Waals surface area contributed by atoms with Crippen molar-refractivity contribution in [2.75, 3.05) is 18.0 Å². The molecule has 19 heavy (non-hydrogen) atoms. The van der Waals surface area contributed by atoms with Crippen LogP contribution < -0.4 is 16.8 Å². The standard InChI is InChI=1S/C15H23N3O/c16-13-8-7-12(9-14(13)17)15(19)18-10-11-5-3-1-2-4-6-11/h7-9,11H,1-6,10,16-17H2,(H,18,19). The van der Waals surface area contributed by atoms with Crippen LogP contribution in [0.5, 0.6) is 0 Å². The molecule has 1 amide bonds. The zero-order valence-electron chi connectivity index (χ0n) is 11.3. The van der Waals surface area contributed by atoms with Gasteiger partial charge in [0.15, 0.2) is 0 Å². The van der Waals surface area contributed by atoms with Gasteiger partial charge in [0.1, 0.15) is 0 Å². The van der Waals surface area contributed by atoms with Gasteiger partial charge < -0.3 is 16.8 Å². The number of benzene rings is 1. The first kappa shape index (κ1) is 13.7. The first-order chi connectivity index (χ1) is 9.16. The third kappa shape index (κ3) is 3.88. The molecule has 0 spiro atoms. The lowest BCUT2D eigenvalue weighted by Gasteiger charge is -2.15. The van der Waals surface area contributed by atoms with Crippen LogP contribution in [0.1, 0.15) is 48.9 Å². The molecule has 104 valence electrons. The molecule has 1 aromatic rings. The van der Waals surface area contributed by atoms with Gasteiger partial charge in [-0.05, 0) is 37.0 Å². The molecule has 1 saturated carbocycles. The molecule has 0 atom stereocenters. The van der Waals surface area contributed by atoms with Crippen LogP contribution in [0.25, 0.3) is 0 Å². The highest BCUT2D eigenvalue weighted by Crippen LogP contribution is 2.22. The fourth-order valence-electron chi connectivity index (χ4n) is 2.62. The molecule has 1 aliphatic carbocycles. The average molecular weight is 261 g/mol. The monoisotopic (exact) mass is 261 g/mol. The van der Waals surface area contributed by atoms with Gasteiger partial charge in [0.2, 0.25) is 0 Å². The number of nitrogen functional groups attached to an aromatic ring is 2. The molecule has 1 aliphatic rings. The van der Waals surface area contributed by atoms with E-state index in [9.17, 15) is 4.79 Å². The molecule has 1 aromatic carbocycles. The first-order valence-electron chi connectivity index (χ1n) is 7.10. The van der Waals surface area contributed by atoms with Crippen molar-refractivity contribution >= 4 is 17.3 Å². The van der Waals surface area contributed by atoms with Crippen LogP contribution in [-0.4, -0.2) is 12.5 Å². The smallest absolute Gasteiger partial charge is 0.251 e. The zero-order chi connectivity index (χ0) is 13.7. The lowest BCUT2D eigenvalue weighted by Crippen LogP contribution is -2.29. The number of hydrogen-bond donors (Lipinski definition) is 3. The highest BCUT2D eigenvalue weighted by molar-refractivity contribution is 5.95. The largest absolute Gasteiger partial charge is 0.397 e. The second-order valence-electron chi connectivity index (χ2n) is 5.41. The van der Waals surface area contributed by atoms with E-state index in [1.54, 1.807) is 18.2 Å². The van der Waals surface area contributed by atoms with E-state index in [0.717, 1.165) is 6.54 Å². The fourth-order valence-corrected chi connectivity index (χ4v) is 2.62. The van der Waals surface area contributed by atoms with Crippen molar-refractivity contribution in [1.82, 2.24) is 5.32 Å². The molecule has 4 nitrogen and oxygen atoms in total. The fraction of sp³-hybridized carbons (Fsp3) is 0.533. The molecule has 0 heterocycles. The molecule has 0 unspecified atom stereocenters. The van der Waals surface area contributed by atoms with Crippen LogP contribution in [0.4, 0.5) is 11.4 Å². The SMILES string of the molecule is Nc1ccc(C(=O)NCC2CCCCCC2)cc1N. The summed E-state index contributed by atoms with van der Waals surface area (Å²) in [6.45, 7) is 0.767. The van der Waals surface area contributed by atoms with Crippen LogP contribution in [0.2, 0.25) is 0 Å². The van der Waals surface area contributed by atoms with E-state index in [0.29, 0.717) is 22.9 Å². The summed E-state index contributed by atoms with van der Waals surface area (Å²) in [7, 11) is 0. The minimum Gasteiger partial charge on any atom is -0.397 e. The van der Waals surface area contributed by atoms with Crippen LogP contribution in [0, 0.1) is 5.92 Å². The summed E-state index contributed by atoms with van der Waals surface area (Å²) in [4.78, 5) is 12.0. The van der Waals surface area contributed by atoms with Crippen molar-refractivity contribution in [1.29, 1.82) is 0 Å². The van der Waals surface area contributed by atoms with Crippen molar-refractivity contribution in [2.24, 2.45) is 5.92 Å². The van der Waals surface area contributed by atoms with Crippen molar-refractivity contribution < 1.29 is 4.79 Å². The van der Waals surface area contributed by atoms with Gasteiger partial charge in [-0.3, -0.25) is 4.79 Å². The maximum atomic E-state index is 12.0. The van der Waals surface area contributed by atoms with E-state index in [2.05, 4.69) is 5.32 Å². The van der Waals surface area contributed by atoms with Crippen LogP contribution in [0.15, 0.2) is 18.2 Å². The van der Waals surface area contributed by atoms with Crippen LogP contribution in [-0.2, 0) is 0 Å². The normalized spacial score (nSPS) is 16.8. The molecule has 5 N–H and O–H groups in total. The predicted octanol–water partition coefficient (Wildman–Crippen LogP) is 2.55. The second kappa shape index (κ2) is 6.45. The summed E-state index contributed by atoms with van der Waals surface area (Å²) in [6.07, 6.45) is 7.69. The van der Waals surface area contributed by atoms with Gasteiger partial charge in [-0.1, -0.05) is 25.7 Å². The van der Waals surface area contributed by atoms with Gasteiger partial charge in [0.05, 0.1) is 11.4 Å². The summed E-state index contributed by atoms with van der Waals surface area (Å²) in [5, 5.41) is 3.01. The number of hydrogen-bond acceptors (Lipinski definition) is 3. The van der Waals surface area contributed by atoms with E-state index in [1.807, 2.05) is 0 Å². The Labute approximate surface area is 114 Å². The molecule has 0 aromatic heterocycles. The number of rotatable bonds is 3. The highest BCUT2D eigenvalue weighted by Gasteiger charge is 2.14. The number of nitrogens with two attached hydrogens (primary N) is 2. The van der Waals surface area contributed by atoms with Crippen LogP contribution >= 0.6 is 0 Å². The molecule has 1 fully saturated rings. The number of carbonyl (C=O) groups is 1. The zero-order valence-corrected chi connectivity index (χ0v) is 11.3. The third-order valence-electron chi connectivity index (χ3n) is 3.88. The van der Waals surface area contributed by atoms with Gasteiger partial charge >= 0.3 is 0 Å². The number of carbonyl (C=O) groups excluding carboxylic acids is 1. The molecular formula is C15H23N3O. The lowest BCUT2D eigenvalue weighted by atomic mass is 10.0. The third-order valence-corrected chi connectivity index (χ3v) is 3.88. The van der Waals surface area contributed by atoms with E-state index >= 15 is 0 Å². The Kier molecular flexibility index (Phi) is 4.66. The van der Waals surface area contributed by atoms with E-state index < -0.39 is 0 Å². The molecule has 4 heteroatoms. The quantitative estimate of drug-likeness (QED) is 0.577. The summed E-state index contributed by atoms with van der Waals surface area (Å²) in [5.74, 6) is 0.563. The average Bonchev–Trinajstić information content (AvgIpc) is 2.67. The van der Waals surface area contributed by atoms with E-state index in [1.165, 1.54) is 38.5 Å². The Morgan fingerprint density at radius 3 is 2.42 bits per heavy atom. The van der Waals surface area contributed by atoms with Crippen molar-refractivity contribution in [3.05, 3.63) is 23.8 Å². The molecule has 0 bridgehead atoms. The molecular weight excluding hydrogens is 238 g/mol. The Bertz CT molecular complexity index is 437. The van der Waals surface area contributed by atoms with Crippen LogP contribution in [0.3, 0.4) is 0 Å². The highest BCUT2D eigenvalue weighted by atomic mass is 16.1. The van der Waals surface area contributed by atoms with Crippen molar-refractivity contribution in [3.8, 4) is 0 Å². The second-order valence-corrected chi connectivity index (χ2v) is 5.41. The topological polar surface area (TPSA) is 81.1 Å².